The van der Waals surface area contributed by atoms with E-state index in [-0.39, 0.29) is 5.95 Å². The van der Waals surface area contributed by atoms with Gasteiger partial charge >= 0.3 is 0 Å². The fraction of sp³-hybridized carbons (Fsp3) is 0.462. The van der Waals surface area contributed by atoms with Gasteiger partial charge in [0.1, 0.15) is 11.6 Å². The average molecular weight is 274 g/mol. The molecule has 7 nitrogen and oxygen atoms in total. The second kappa shape index (κ2) is 5.46. The first-order chi connectivity index (χ1) is 9.72. The highest BCUT2D eigenvalue weighted by Crippen LogP contribution is 2.25. The molecule has 1 atom stereocenters. The number of anilines is 2. The van der Waals surface area contributed by atoms with Gasteiger partial charge in [-0.1, -0.05) is 0 Å². The maximum absolute atomic E-state index is 5.78. The van der Waals surface area contributed by atoms with Gasteiger partial charge in [0.25, 0.3) is 0 Å². The summed E-state index contributed by atoms with van der Waals surface area (Å²) >= 11 is 0. The summed E-state index contributed by atoms with van der Waals surface area (Å²) in [6, 6.07) is 1.94. The van der Waals surface area contributed by atoms with Gasteiger partial charge in [0.15, 0.2) is 0 Å². The zero-order chi connectivity index (χ0) is 13.9. The number of rotatable bonds is 4. The Labute approximate surface area is 117 Å². The fourth-order valence-corrected chi connectivity index (χ4v) is 2.29. The van der Waals surface area contributed by atoms with Gasteiger partial charge in [-0.05, 0) is 6.42 Å². The molecule has 0 unspecified atom stereocenters. The van der Waals surface area contributed by atoms with Gasteiger partial charge < -0.3 is 20.4 Å². The summed E-state index contributed by atoms with van der Waals surface area (Å²) in [4.78, 5) is 12.8. The molecule has 3 N–H and O–H groups in total. The minimum Gasteiger partial charge on any atom is -0.381 e. The SMILES string of the molecule is Cn1ccnc1CNc1cc([C@H]2CCOC2)nc(N)n1. The first-order valence-electron chi connectivity index (χ1n) is 6.64. The summed E-state index contributed by atoms with van der Waals surface area (Å²) in [5, 5.41) is 3.24. The Kier molecular flexibility index (Phi) is 3.51. The molecule has 0 saturated carbocycles. The van der Waals surface area contributed by atoms with Crippen molar-refractivity contribution >= 4 is 11.8 Å². The summed E-state index contributed by atoms with van der Waals surface area (Å²) in [6.07, 6.45) is 4.66. The third-order valence-electron chi connectivity index (χ3n) is 3.46. The highest BCUT2D eigenvalue weighted by Gasteiger charge is 2.20. The van der Waals surface area contributed by atoms with Crippen molar-refractivity contribution in [1.82, 2.24) is 19.5 Å². The van der Waals surface area contributed by atoms with Crippen LogP contribution in [0.2, 0.25) is 0 Å². The lowest BCUT2D eigenvalue weighted by atomic mass is 10.0. The molecule has 0 spiro atoms. The third kappa shape index (κ3) is 2.72. The molecule has 0 radical (unpaired) electrons. The normalized spacial score (nSPS) is 18.4. The number of aryl methyl sites for hydroxylation is 1. The predicted molar refractivity (Wildman–Crippen MR) is 75.2 cm³/mol. The van der Waals surface area contributed by atoms with Crippen LogP contribution in [0.3, 0.4) is 0 Å². The molecule has 0 aromatic carbocycles. The summed E-state index contributed by atoms with van der Waals surface area (Å²) < 4.78 is 7.35. The molecule has 1 fully saturated rings. The quantitative estimate of drug-likeness (QED) is 0.861. The Hall–Kier alpha value is -2.15. The molecule has 0 bridgehead atoms. The van der Waals surface area contributed by atoms with Gasteiger partial charge in [0.2, 0.25) is 5.95 Å². The van der Waals surface area contributed by atoms with Crippen LogP contribution in [-0.2, 0) is 18.3 Å². The lowest BCUT2D eigenvalue weighted by Gasteiger charge is -2.11. The molecule has 20 heavy (non-hydrogen) atoms. The number of ether oxygens (including phenoxy) is 1. The molecule has 3 rings (SSSR count). The number of aromatic nitrogens is 4. The smallest absolute Gasteiger partial charge is 0.222 e. The number of nitrogen functional groups attached to an aromatic ring is 1. The first-order valence-corrected chi connectivity index (χ1v) is 6.64. The van der Waals surface area contributed by atoms with Gasteiger partial charge in [-0.2, -0.15) is 4.98 Å². The average Bonchev–Trinajstić information content (AvgIpc) is 3.07. The van der Waals surface area contributed by atoms with Gasteiger partial charge in [0, 0.05) is 38.0 Å². The molecule has 0 amide bonds. The number of nitrogens with zero attached hydrogens (tertiary/aromatic N) is 4. The van der Waals surface area contributed by atoms with Crippen molar-refractivity contribution in [1.29, 1.82) is 0 Å². The standard InChI is InChI=1S/C13H18N6O/c1-19-4-3-15-12(19)7-16-11-6-10(17-13(14)18-11)9-2-5-20-8-9/h3-4,6,9H,2,5,7-8H2,1H3,(H3,14,16,17,18)/t9-/m0/s1. The van der Waals surface area contributed by atoms with Crippen LogP contribution in [0.5, 0.6) is 0 Å². The van der Waals surface area contributed by atoms with Crippen LogP contribution in [0.1, 0.15) is 23.9 Å². The van der Waals surface area contributed by atoms with Crippen LogP contribution in [0.4, 0.5) is 11.8 Å². The van der Waals surface area contributed by atoms with E-state index >= 15 is 0 Å². The maximum atomic E-state index is 5.78. The van der Waals surface area contributed by atoms with E-state index in [2.05, 4.69) is 20.3 Å². The van der Waals surface area contributed by atoms with Crippen LogP contribution in [0, 0.1) is 0 Å². The second-order valence-electron chi connectivity index (χ2n) is 4.90. The van der Waals surface area contributed by atoms with Crippen LogP contribution in [0.15, 0.2) is 18.5 Å². The number of nitrogens with one attached hydrogen (secondary N) is 1. The van der Waals surface area contributed by atoms with Crippen molar-refractivity contribution < 1.29 is 4.74 Å². The fourth-order valence-electron chi connectivity index (χ4n) is 2.29. The predicted octanol–water partition coefficient (Wildman–Crippen LogP) is 0.908. The number of hydrogen-bond donors (Lipinski definition) is 2. The Morgan fingerprint density at radius 3 is 3.10 bits per heavy atom. The third-order valence-corrected chi connectivity index (χ3v) is 3.46. The van der Waals surface area contributed by atoms with Gasteiger partial charge in [-0.25, -0.2) is 9.97 Å². The topological polar surface area (TPSA) is 90.9 Å². The summed E-state index contributed by atoms with van der Waals surface area (Å²) in [5.74, 6) is 2.26. The number of imidazole rings is 1. The molecule has 0 aliphatic carbocycles. The second-order valence-corrected chi connectivity index (χ2v) is 4.90. The largest absolute Gasteiger partial charge is 0.381 e. The first kappa shape index (κ1) is 12.9. The monoisotopic (exact) mass is 274 g/mol. The molecule has 2 aromatic rings. The molecule has 7 heteroatoms. The van der Waals surface area contributed by atoms with Crippen LogP contribution in [-0.4, -0.2) is 32.7 Å². The van der Waals surface area contributed by atoms with Gasteiger partial charge in [-0.3, -0.25) is 0 Å². The minimum absolute atomic E-state index is 0.289. The van der Waals surface area contributed by atoms with E-state index in [9.17, 15) is 0 Å². The van der Waals surface area contributed by atoms with Gasteiger partial charge in [0.05, 0.1) is 18.8 Å². The molecule has 2 aromatic heterocycles. The van der Waals surface area contributed by atoms with Crippen molar-refractivity contribution in [2.24, 2.45) is 7.05 Å². The Morgan fingerprint density at radius 1 is 1.50 bits per heavy atom. The molecular weight excluding hydrogens is 256 g/mol. The Bertz CT molecular complexity index is 590. The zero-order valence-electron chi connectivity index (χ0n) is 11.4. The van der Waals surface area contributed by atoms with Crippen LogP contribution in [0.25, 0.3) is 0 Å². The van der Waals surface area contributed by atoms with E-state index in [0.29, 0.717) is 19.1 Å². The molecular formula is C13H18N6O. The summed E-state index contributed by atoms with van der Waals surface area (Å²) in [5.41, 5.74) is 6.72. The van der Waals surface area contributed by atoms with Crippen molar-refractivity contribution in [3.05, 3.63) is 30.0 Å². The molecule has 106 valence electrons. The lowest BCUT2D eigenvalue weighted by molar-refractivity contribution is 0.193. The zero-order valence-corrected chi connectivity index (χ0v) is 11.4. The molecule has 1 aliphatic rings. The van der Waals surface area contributed by atoms with Crippen LogP contribution >= 0.6 is 0 Å². The molecule has 3 heterocycles. The lowest BCUT2D eigenvalue weighted by Crippen LogP contribution is -2.11. The highest BCUT2D eigenvalue weighted by atomic mass is 16.5. The number of nitrogens with two attached hydrogens (primary N) is 1. The summed E-state index contributed by atoms with van der Waals surface area (Å²) in [6.45, 7) is 2.08. The highest BCUT2D eigenvalue weighted by molar-refractivity contribution is 5.41. The molecule has 1 saturated heterocycles. The van der Waals surface area contributed by atoms with E-state index < -0.39 is 0 Å². The van der Waals surface area contributed by atoms with E-state index in [4.69, 9.17) is 10.5 Å². The van der Waals surface area contributed by atoms with Crippen LogP contribution < -0.4 is 11.1 Å². The van der Waals surface area contributed by atoms with Crippen molar-refractivity contribution in [3.8, 4) is 0 Å². The van der Waals surface area contributed by atoms with Crippen molar-refractivity contribution in [2.45, 2.75) is 18.9 Å². The summed E-state index contributed by atoms with van der Waals surface area (Å²) in [7, 11) is 1.96. The van der Waals surface area contributed by atoms with E-state index in [1.807, 2.05) is 23.9 Å². The minimum atomic E-state index is 0.289. The van der Waals surface area contributed by atoms with Crippen molar-refractivity contribution in [2.75, 3.05) is 24.3 Å². The number of hydrogen-bond acceptors (Lipinski definition) is 6. The molecule has 1 aliphatic heterocycles. The van der Waals surface area contributed by atoms with E-state index in [0.717, 1.165) is 30.4 Å². The maximum Gasteiger partial charge on any atom is 0.222 e. The van der Waals surface area contributed by atoms with E-state index in [1.165, 1.54) is 0 Å². The van der Waals surface area contributed by atoms with Crippen molar-refractivity contribution in [3.63, 3.8) is 0 Å². The Balaban J connectivity index is 1.74. The Morgan fingerprint density at radius 2 is 2.40 bits per heavy atom. The van der Waals surface area contributed by atoms with Gasteiger partial charge in [-0.15, -0.1) is 0 Å². The van der Waals surface area contributed by atoms with E-state index in [1.54, 1.807) is 6.20 Å².